The molecule has 17 heavy (non-hydrogen) atoms. The van der Waals surface area contributed by atoms with Crippen LogP contribution >= 0.6 is 0 Å². The van der Waals surface area contributed by atoms with Crippen molar-refractivity contribution in [3.05, 3.63) is 24.5 Å². The SMILES string of the molecule is CC(C)NCCc1nc(-c2cnccn2)no1. The summed E-state index contributed by atoms with van der Waals surface area (Å²) in [6.45, 7) is 5.01. The number of hydrogen-bond acceptors (Lipinski definition) is 6. The van der Waals surface area contributed by atoms with Crippen molar-refractivity contribution in [2.24, 2.45) is 0 Å². The normalized spacial score (nSPS) is 11.0. The maximum Gasteiger partial charge on any atom is 0.228 e. The van der Waals surface area contributed by atoms with E-state index >= 15 is 0 Å². The minimum Gasteiger partial charge on any atom is -0.339 e. The summed E-state index contributed by atoms with van der Waals surface area (Å²) < 4.78 is 5.13. The molecule has 0 saturated carbocycles. The molecule has 2 aromatic rings. The maximum atomic E-state index is 5.13. The van der Waals surface area contributed by atoms with Gasteiger partial charge in [0.1, 0.15) is 5.69 Å². The molecule has 0 bridgehead atoms. The standard InChI is InChI=1S/C11H15N5O/c1-8(2)13-4-3-10-15-11(16-17-10)9-7-12-5-6-14-9/h5-8,13H,3-4H2,1-2H3. The molecule has 0 radical (unpaired) electrons. The molecular weight excluding hydrogens is 218 g/mol. The first kappa shape index (κ1) is 11.7. The smallest absolute Gasteiger partial charge is 0.228 e. The second-order valence-electron chi connectivity index (χ2n) is 3.96. The van der Waals surface area contributed by atoms with Crippen LogP contribution in [0.15, 0.2) is 23.1 Å². The van der Waals surface area contributed by atoms with Gasteiger partial charge in [-0.25, -0.2) is 4.98 Å². The Kier molecular flexibility index (Phi) is 3.77. The number of nitrogens with one attached hydrogen (secondary N) is 1. The summed E-state index contributed by atoms with van der Waals surface area (Å²) in [7, 11) is 0. The third-order valence-electron chi connectivity index (χ3n) is 2.15. The molecule has 0 spiro atoms. The van der Waals surface area contributed by atoms with Gasteiger partial charge < -0.3 is 9.84 Å². The Morgan fingerprint density at radius 3 is 2.94 bits per heavy atom. The average molecular weight is 233 g/mol. The molecule has 0 aliphatic heterocycles. The lowest BCUT2D eigenvalue weighted by Gasteiger charge is -2.04. The Morgan fingerprint density at radius 2 is 2.24 bits per heavy atom. The van der Waals surface area contributed by atoms with Crippen molar-refractivity contribution in [1.82, 2.24) is 25.4 Å². The van der Waals surface area contributed by atoms with Gasteiger partial charge in [-0.2, -0.15) is 4.98 Å². The van der Waals surface area contributed by atoms with Gasteiger partial charge in [0.2, 0.25) is 11.7 Å². The number of rotatable bonds is 5. The summed E-state index contributed by atoms with van der Waals surface area (Å²) in [5, 5.41) is 7.16. The van der Waals surface area contributed by atoms with Crippen molar-refractivity contribution < 1.29 is 4.52 Å². The summed E-state index contributed by atoms with van der Waals surface area (Å²) in [6.07, 6.45) is 5.54. The minimum atomic E-state index is 0.456. The highest BCUT2D eigenvalue weighted by atomic mass is 16.5. The second-order valence-corrected chi connectivity index (χ2v) is 3.96. The maximum absolute atomic E-state index is 5.13. The molecule has 0 amide bonds. The Morgan fingerprint density at radius 1 is 1.35 bits per heavy atom. The highest BCUT2D eigenvalue weighted by Gasteiger charge is 2.09. The van der Waals surface area contributed by atoms with Crippen LogP contribution < -0.4 is 5.32 Å². The molecule has 2 aromatic heterocycles. The van der Waals surface area contributed by atoms with Crippen LogP contribution in [0.4, 0.5) is 0 Å². The lowest BCUT2D eigenvalue weighted by molar-refractivity contribution is 0.374. The van der Waals surface area contributed by atoms with Gasteiger partial charge in [0.15, 0.2) is 0 Å². The van der Waals surface area contributed by atoms with E-state index in [1.807, 2.05) is 0 Å². The highest BCUT2D eigenvalue weighted by Crippen LogP contribution is 2.10. The zero-order chi connectivity index (χ0) is 12.1. The van der Waals surface area contributed by atoms with E-state index in [0.717, 1.165) is 6.54 Å². The summed E-state index contributed by atoms with van der Waals surface area (Å²) >= 11 is 0. The fraction of sp³-hybridized carbons (Fsp3) is 0.455. The molecule has 0 atom stereocenters. The van der Waals surface area contributed by atoms with Crippen molar-refractivity contribution in [1.29, 1.82) is 0 Å². The van der Waals surface area contributed by atoms with Crippen LogP contribution in [0.3, 0.4) is 0 Å². The third kappa shape index (κ3) is 3.32. The van der Waals surface area contributed by atoms with Gasteiger partial charge in [-0.15, -0.1) is 0 Å². The number of aromatic nitrogens is 4. The van der Waals surface area contributed by atoms with Crippen LogP contribution in [-0.4, -0.2) is 32.7 Å². The first-order chi connectivity index (χ1) is 8.25. The van der Waals surface area contributed by atoms with Crippen molar-refractivity contribution in [2.75, 3.05) is 6.54 Å². The molecular formula is C11H15N5O. The minimum absolute atomic E-state index is 0.456. The molecule has 6 heteroatoms. The molecule has 2 rings (SSSR count). The number of hydrogen-bond donors (Lipinski definition) is 1. The Balaban J connectivity index is 1.97. The summed E-state index contributed by atoms with van der Waals surface area (Å²) in [4.78, 5) is 12.3. The van der Waals surface area contributed by atoms with E-state index < -0.39 is 0 Å². The topological polar surface area (TPSA) is 76.7 Å². The Labute approximate surface area is 99.5 Å². The molecule has 0 aliphatic rings. The summed E-state index contributed by atoms with van der Waals surface area (Å²) in [6, 6.07) is 0.456. The van der Waals surface area contributed by atoms with Crippen LogP contribution in [-0.2, 0) is 6.42 Å². The first-order valence-corrected chi connectivity index (χ1v) is 5.58. The van der Waals surface area contributed by atoms with Gasteiger partial charge in [0.25, 0.3) is 0 Å². The molecule has 0 aromatic carbocycles. The van der Waals surface area contributed by atoms with E-state index in [0.29, 0.717) is 29.9 Å². The van der Waals surface area contributed by atoms with Crippen LogP contribution in [0.25, 0.3) is 11.5 Å². The fourth-order valence-electron chi connectivity index (χ4n) is 1.34. The van der Waals surface area contributed by atoms with E-state index in [1.54, 1.807) is 18.6 Å². The van der Waals surface area contributed by atoms with Crippen molar-refractivity contribution in [3.8, 4) is 11.5 Å². The predicted octanol–water partition coefficient (Wildman–Crippen LogP) is 1.07. The lowest BCUT2D eigenvalue weighted by atomic mass is 10.3. The van der Waals surface area contributed by atoms with E-state index in [-0.39, 0.29) is 0 Å². The van der Waals surface area contributed by atoms with Crippen molar-refractivity contribution >= 4 is 0 Å². The van der Waals surface area contributed by atoms with Crippen LogP contribution in [0.1, 0.15) is 19.7 Å². The fourth-order valence-corrected chi connectivity index (χ4v) is 1.34. The molecule has 2 heterocycles. The van der Waals surface area contributed by atoms with Crippen LogP contribution in [0.2, 0.25) is 0 Å². The molecule has 6 nitrogen and oxygen atoms in total. The van der Waals surface area contributed by atoms with Crippen molar-refractivity contribution in [3.63, 3.8) is 0 Å². The van der Waals surface area contributed by atoms with E-state index in [2.05, 4.69) is 39.3 Å². The van der Waals surface area contributed by atoms with Gasteiger partial charge >= 0.3 is 0 Å². The van der Waals surface area contributed by atoms with Gasteiger partial charge in [0, 0.05) is 31.4 Å². The first-order valence-electron chi connectivity index (χ1n) is 5.58. The second kappa shape index (κ2) is 5.49. The molecule has 0 aliphatic carbocycles. The van der Waals surface area contributed by atoms with Crippen molar-refractivity contribution in [2.45, 2.75) is 26.3 Å². The van der Waals surface area contributed by atoms with E-state index in [4.69, 9.17) is 4.52 Å². The van der Waals surface area contributed by atoms with Crippen LogP contribution in [0, 0.1) is 0 Å². The van der Waals surface area contributed by atoms with Gasteiger partial charge in [-0.1, -0.05) is 19.0 Å². The quantitative estimate of drug-likeness (QED) is 0.832. The van der Waals surface area contributed by atoms with Gasteiger partial charge in [-0.3, -0.25) is 4.98 Å². The van der Waals surface area contributed by atoms with E-state index in [9.17, 15) is 0 Å². The third-order valence-corrected chi connectivity index (χ3v) is 2.15. The molecule has 1 N–H and O–H groups in total. The zero-order valence-electron chi connectivity index (χ0n) is 9.92. The van der Waals surface area contributed by atoms with Gasteiger partial charge in [-0.05, 0) is 0 Å². The molecule has 0 fully saturated rings. The average Bonchev–Trinajstić information content (AvgIpc) is 2.78. The molecule has 0 unspecified atom stereocenters. The predicted molar refractivity (Wildman–Crippen MR) is 62.2 cm³/mol. The van der Waals surface area contributed by atoms with E-state index in [1.165, 1.54) is 0 Å². The number of nitrogens with zero attached hydrogens (tertiary/aromatic N) is 4. The molecule has 0 saturated heterocycles. The molecule has 90 valence electrons. The Hall–Kier alpha value is -1.82. The lowest BCUT2D eigenvalue weighted by Crippen LogP contribution is -2.25. The van der Waals surface area contributed by atoms with Gasteiger partial charge in [0.05, 0.1) is 6.20 Å². The summed E-state index contributed by atoms with van der Waals surface area (Å²) in [5.74, 6) is 1.09. The highest BCUT2D eigenvalue weighted by molar-refractivity contribution is 5.45. The zero-order valence-corrected chi connectivity index (χ0v) is 9.92. The summed E-state index contributed by atoms with van der Waals surface area (Å²) in [5.41, 5.74) is 0.624. The largest absolute Gasteiger partial charge is 0.339 e. The van der Waals surface area contributed by atoms with Crippen LogP contribution in [0.5, 0.6) is 0 Å². The Bertz CT molecular complexity index is 454. The monoisotopic (exact) mass is 233 g/mol.